The van der Waals surface area contributed by atoms with Gasteiger partial charge in [0.25, 0.3) is 0 Å². The van der Waals surface area contributed by atoms with Crippen molar-refractivity contribution >= 4 is 40.2 Å². The maximum absolute atomic E-state index is 2.35. The van der Waals surface area contributed by atoms with Crippen molar-refractivity contribution in [3.8, 4) is 0 Å². The van der Waals surface area contributed by atoms with E-state index in [1.807, 2.05) is 0 Å². The zero-order chi connectivity index (χ0) is 5.86. The number of rotatable bonds is 2. The molecule has 0 radical (unpaired) electrons. The molecule has 0 aromatic heterocycles. The van der Waals surface area contributed by atoms with E-state index < -0.39 is 0 Å². The third kappa shape index (κ3) is 17.6. The van der Waals surface area contributed by atoms with E-state index in [1.54, 1.807) is 0 Å². The van der Waals surface area contributed by atoms with E-state index in [0.29, 0.717) is 0 Å². The van der Waals surface area contributed by atoms with Crippen LogP contribution in [0.15, 0.2) is 0 Å². The molecule has 0 aliphatic rings. The number of halogens is 2. The average molecular weight is 234 g/mol. The van der Waals surface area contributed by atoms with Gasteiger partial charge < -0.3 is 0 Å². The van der Waals surface area contributed by atoms with Gasteiger partial charge >= 0.3 is 52.6 Å². The molecule has 0 amide bonds. The second-order valence-electron chi connectivity index (χ2n) is 3.02. The van der Waals surface area contributed by atoms with Crippen LogP contribution in [0.3, 0.4) is 0 Å². The maximum Gasteiger partial charge on any atom is -0.147 e. The van der Waals surface area contributed by atoms with Gasteiger partial charge in [-0.25, -0.2) is 0 Å². The first-order valence-electron chi connectivity index (χ1n) is 3.13. The summed E-state index contributed by atoms with van der Waals surface area (Å²) >= 11 is -0.0972. The average Bonchev–Trinajstić information content (AvgIpc) is 1.27. The Morgan fingerprint density at radius 1 is 0.778 bits per heavy atom. The Labute approximate surface area is 77.5 Å². The predicted molar refractivity (Wildman–Crippen MR) is 53.2 cm³/mol. The van der Waals surface area contributed by atoms with Gasteiger partial charge in [-0.2, -0.15) is 0 Å². The van der Waals surface area contributed by atoms with Crippen LogP contribution in [0, 0.1) is 0 Å². The fraction of sp³-hybridized carbons (Fsp3) is 1.00. The molecular formula is C6H18Cl2Ge. The summed E-state index contributed by atoms with van der Waals surface area (Å²) in [4.78, 5) is 0. The van der Waals surface area contributed by atoms with E-state index in [4.69, 9.17) is 0 Å². The summed E-state index contributed by atoms with van der Waals surface area (Å²) in [7, 11) is 0. The maximum atomic E-state index is 2.35. The van der Waals surface area contributed by atoms with Crippen LogP contribution in [0.25, 0.3) is 0 Å². The second kappa shape index (κ2) is 9.12. The Morgan fingerprint density at radius 3 is 1.00 bits per heavy atom. The van der Waals surface area contributed by atoms with Crippen LogP contribution in [-0.2, 0) is 0 Å². The molecular weight excluding hydrogens is 216 g/mol. The summed E-state index contributed by atoms with van der Waals surface area (Å²) in [5.41, 5.74) is 0. The Bertz CT molecular complexity index is 40.3. The molecule has 0 spiro atoms. The van der Waals surface area contributed by atoms with Crippen molar-refractivity contribution in [3.05, 3.63) is 0 Å². The van der Waals surface area contributed by atoms with Crippen LogP contribution < -0.4 is 0 Å². The minimum Gasteiger partial charge on any atom is -0.147 e. The first kappa shape index (κ1) is 16.6. The minimum atomic E-state index is -0.0972. The summed E-state index contributed by atoms with van der Waals surface area (Å²) in [6, 6.07) is 0. The monoisotopic (exact) mass is 234 g/mol. The van der Waals surface area contributed by atoms with Gasteiger partial charge in [-0.05, 0) is 0 Å². The van der Waals surface area contributed by atoms with Gasteiger partial charge in [-0.3, -0.25) is 0 Å². The zero-order valence-electron chi connectivity index (χ0n) is 6.68. The molecule has 0 bridgehead atoms. The molecule has 0 aromatic carbocycles. The Kier molecular flexibility index (Phi) is 16.8. The van der Waals surface area contributed by atoms with E-state index in [9.17, 15) is 0 Å². The Hall–Kier alpha value is 1.12. The van der Waals surface area contributed by atoms with Crippen LogP contribution in [-0.4, -0.2) is 15.4 Å². The molecule has 9 heavy (non-hydrogen) atoms. The van der Waals surface area contributed by atoms with E-state index in [2.05, 4.69) is 27.7 Å². The van der Waals surface area contributed by atoms with Crippen molar-refractivity contribution in [1.82, 2.24) is 0 Å². The van der Waals surface area contributed by atoms with Gasteiger partial charge in [0.1, 0.15) is 0 Å². The number of hydrogen-bond acceptors (Lipinski definition) is 0. The predicted octanol–water partition coefficient (Wildman–Crippen LogP) is 2.66. The molecule has 0 aromatic rings. The molecule has 3 heteroatoms. The van der Waals surface area contributed by atoms with Gasteiger partial charge in [0.15, 0.2) is 0 Å². The quantitative estimate of drug-likeness (QED) is 0.644. The summed E-state index contributed by atoms with van der Waals surface area (Å²) in [6.07, 6.45) is 0. The standard InChI is InChI=1S/C6H16Ge.2ClH/c1-5(2)7-6(3)4;;/h5-6H,7H2,1-4H3;2*1H. The second-order valence-corrected chi connectivity index (χ2v) is 10.9. The van der Waals surface area contributed by atoms with Gasteiger partial charge in [0, 0.05) is 0 Å². The van der Waals surface area contributed by atoms with Crippen molar-refractivity contribution in [2.45, 2.75) is 37.2 Å². The molecule has 0 unspecified atom stereocenters. The summed E-state index contributed by atoms with van der Waals surface area (Å²) in [6.45, 7) is 9.39. The Morgan fingerprint density at radius 2 is 1.00 bits per heavy atom. The third-order valence-electron chi connectivity index (χ3n) is 0.943. The van der Waals surface area contributed by atoms with Gasteiger partial charge in [-0.15, -0.1) is 24.8 Å². The number of hydrogen-bond donors (Lipinski definition) is 0. The molecule has 0 aliphatic heterocycles. The van der Waals surface area contributed by atoms with Crippen molar-refractivity contribution < 1.29 is 0 Å². The van der Waals surface area contributed by atoms with E-state index in [-0.39, 0.29) is 40.2 Å². The van der Waals surface area contributed by atoms with E-state index in [1.165, 1.54) is 0 Å². The van der Waals surface area contributed by atoms with E-state index in [0.717, 1.165) is 9.50 Å². The van der Waals surface area contributed by atoms with Crippen LogP contribution in [0.2, 0.25) is 9.50 Å². The largest absolute Gasteiger partial charge is 0.147 e. The van der Waals surface area contributed by atoms with Crippen molar-refractivity contribution in [1.29, 1.82) is 0 Å². The molecule has 0 N–H and O–H groups in total. The van der Waals surface area contributed by atoms with E-state index >= 15 is 0 Å². The molecule has 0 heterocycles. The normalized spacial score (nSPS) is 8.67. The van der Waals surface area contributed by atoms with Crippen molar-refractivity contribution in [2.24, 2.45) is 0 Å². The van der Waals surface area contributed by atoms with Crippen LogP contribution in [0.5, 0.6) is 0 Å². The smallest absolute Gasteiger partial charge is 0.147 e. The zero-order valence-corrected chi connectivity index (χ0v) is 11.3. The van der Waals surface area contributed by atoms with Crippen molar-refractivity contribution in [3.63, 3.8) is 0 Å². The van der Waals surface area contributed by atoms with Crippen LogP contribution >= 0.6 is 24.8 Å². The molecule has 0 rings (SSSR count). The van der Waals surface area contributed by atoms with Gasteiger partial charge in [0.2, 0.25) is 0 Å². The SMILES string of the molecule is C[CH](C)[GeH2][CH](C)C.Cl.Cl. The molecule has 60 valence electrons. The fourth-order valence-electron chi connectivity index (χ4n) is 0.943. The molecule has 0 nitrogen and oxygen atoms in total. The summed E-state index contributed by atoms with van der Waals surface area (Å²) < 4.78 is 2.12. The third-order valence-corrected chi connectivity index (χ3v) is 4.90. The molecule has 0 saturated heterocycles. The summed E-state index contributed by atoms with van der Waals surface area (Å²) in [5, 5.41) is 0. The fourth-order valence-corrected chi connectivity index (χ4v) is 4.90. The molecule has 0 atom stereocenters. The van der Waals surface area contributed by atoms with Crippen LogP contribution in [0.1, 0.15) is 27.7 Å². The molecule has 0 aliphatic carbocycles. The first-order chi connectivity index (χ1) is 3.13. The van der Waals surface area contributed by atoms with Gasteiger partial charge in [0.05, 0.1) is 0 Å². The van der Waals surface area contributed by atoms with Crippen molar-refractivity contribution in [2.75, 3.05) is 0 Å². The molecule has 0 saturated carbocycles. The van der Waals surface area contributed by atoms with Gasteiger partial charge in [-0.1, -0.05) is 0 Å². The summed E-state index contributed by atoms with van der Waals surface area (Å²) in [5.74, 6) is 0. The first-order valence-corrected chi connectivity index (χ1v) is 6.55. The minimum absolute atomic E-state index is 0. The Balaban J connectivity index is -0.000000180. The van der Waals surface area contributed by atoms with Crippen LogP contribution in [0.4, 0.5) is 0 Å². The topological polar surface area (TPSA) is 0 Å². The molecule has 0 fully saturated rings.